The predicted molar refractivity (Wildman–Crippen MR) is 48.6 cm³/mol. The van der Waals surface area contributed by atoms with Gasteiger partial charge in [0.2, 0.25) is 0 Å². The SMILES string of the molecule is C=Cc1cc2c(cn1)cnn2C. The van der Waals surface area contributed by atoms with Crippen LogP contribution in [0.15, 0.2) is 25.0 Å². The first kappa shape index (κ1) is 7.03. The smallest absolute Gasteiger partial charge is 0.0716 e. The Balaban J connectivity index is 2.79. The van der Waals surface area contributed by atoms with Crippen LogP contribution < -0.4 is 0 Å². The van der Waals surface area contributed by atoms with E-state index in [1.807, 2.05) is 17.8 Å². The number of nitrogens with zero attached hydrogens (tertiary/aromatic N) is 3. The Morgan fingerprint density at radius 2 is 2.33 bits per heavy atom. The molecule has 0 amide bonds. The highest BCUT2D eigenvalue weighted by atomic mass is 15.2. The van der Waals surface area contributed by atoms with Crippen LogP contribution in [0.4, 0.5) is 0 Å². The molecule has 3 nitrogen and oxygen atoms in total. The van der Waals surface area contributed by atoms with Crippen molar-refractivity contribution in [3.05, 3.63) is 30.7 Å². The molecule has 12 heavy (non-hydrogen) atoms. The molecule has 2 aromatic heterocycles. The third-order valence-corrected chi connectivity index (χ3v) is 1.86. The van der Waals surface area contributed by atoms with Gasteiger partial charge < -0.3 is 0 Å². The summed E-state index contributed by atoms with van der Waals surface area (Å²) in [5.74, 6) is 0. The summed E-state index contributed by atoms with van der Waals surface area (Å²) < 4.78 is 1.82. The van der Waals surface area contributed by atoms with Crippen LogP contribution in [-0.2, 0) is 7.05 Å². The second-order valence-corrected chi connectivity index (χ2v) is 2.64. The molecule has 2 rings (SSSR count). The van der Waals surface area contributed by atoms with Gasteiger partial charge >= 0.3 is 0 Å². The van der Waals surface area contributed by atoms with Crippen molar-refractivity contribution < 1.29 is 0 Å². The first-order chi connectivity index (χ1) is 5.81. The van der Waals surface area contributed by atoms with E-state index in [2.05, 4.69) is 16.7 Å². The molecule has 0 saturated carbocycles. The van der Waals surface area contributed by atoms with E-state index in [1.54, 1.807) is 18.5 Å². The number of rotatable bonds is 1. The van der Waals surface area contributed by atoms with Gasteiger partial charge in [-0.05, 0) is 12.1 Å². The minimum absolute atomic E-state index is 0.881. The fourth-order valence-electron chi connectivity index (χ4n) is 1.17. The zero-order valence-electron chi connectivity index (χ0n) is 6.86. The van der Waals surface area contributed by atoms with Crippen LogP contribution in [0.1, 0.15) is 5.69 Å². The molecule has 0 bridgehead atoms. The Kier molecular flexibility index (Phi) is 1.43. The molecule has 0 N–H and O–H groups in total. The van der Waals surface area contributed by atoms with E-state index in [0.29, 0.717) is 0 Å². The molecule has 0 fully saturated rings. The van der Waals surface area contributed by atoms with Gasteiger partial charge in [0, 0.05) is 18.6 Å². The maximum atomic E-state index is 4.17. The van der Waals surface area contributed by atoms with E-state index in [0.717, 1.165) is 16.6 Å². The first-order valence-corrected chi connectivity index (χ1v) is 3.71. The molecule has 0 aromatic carbocycles. The number of aryl methyl sites for hydroxylation is 1. The van der Waals surface area contributed by atoms with Crippen LogP contribution in [-0.4, -0.2) is 14.8 Å². The van der Waals surface area contributed by atoms with E-state index >= 15 is 0 Å². The Labute approximate surface area is 70.3 Å². The zero-order valence-corrected chi connectivity index (χ0v) is 6.86. The van der Waals surface area contributed by atoms with Crippen molar-refractivity contribution >= 4 is 17.0 Å². The average Bonchev–Trinajstić information content (AvgIpc) is 2.47. The van der Waals surface area contributed by atoms with Gasteiger partial charge in [-0.15, -0.1) is 0 Å². The highest BCUT2D eigenvalue weighted by molar-refractivity contribution is 5.79. The Hall–Kier alpha value is -1.64. The normalized spacial score (nSPS) is 10.4. The van der Waals surface area contributed by atoms with Crippen molar-refractivity contribution in [3.8, 4) is 0 Å². The van der Waals surface area contributed by atoms with E-state index in [4.69, 9.17) is 0 Å². The molecule has 2 heterocycles. The monoisotopic (exact) mass is 159 g/mol. The van der Waals surface area contributed by atoms with Gasteiger partial charge in [0.15, 0.2) is 0 Å². The number of aromatic nitrogens is 3. The summed E-state index contributed by atoms with van der Waals surface area (Å²) in [5.41, 5.74) is 1.96. The Bertz CT molecular complexity index is 428. The number of hydrogen-bond acceptors (Lipinski definition) is 2. The topological polar surface area (TPSA) is 30.7 Å². The molecule has 0 atom stereocenters. The van der Waals surface area contributed by atoms with E-state index < -0.39 is 0 Å². The van der Waals surface area contributed by atoms with Crippen LogP contribution in [0.3, 0.4) is 0 Å². The quantitative estimate of drug-likeness (QED) is 0.633. The average molecular weight is 159 g/mol. The number of fused-ring (bicyclic) bond motifs is 1. The van der Waals surface area contributed by atoms with Crippen molar-refractivity contribution in [2.45, 2.75) is 0 Å². The van der Waals surface area contributed by atoms with Crippen molar-refractivity contribution in [2.75, 3.05) is 0 Å². The van der Waals surface area contributed by atoms with Crippen molar-refractivity contribution in [2.24, 2.45) is 7.05 Å². The molecule has 0 unspecified atom stereocenters. The second-order valence-electron chi connectivity index (χ2n) is 2.64. The summed E-state index contributed by atoms with van der Waals surface area (Å²) in [4.78, 5) is 4.17. The second kappa shape index (κ2) is 2.44. The third-order valence-electron chi connectivity index (χ3n) is 1.86. The maximum absolute atomic E-state index is 4.17. The molecule has 2 aromatic rings. The minimum atomic E-state index is 0.881. The van der Waals surface area contributed by atoms with Crippen LogP contribution in [0.25, 0.3) is 17.0 Å². The molecule has 0 aliphatic heterocycles. The summed E-state index contributed by atoms with van der Waals surface area (Å²) in [6.07, 6.45) is 5.33. The summed E-state index contributed by atoms with van der Waals surface area (Å²) >= 11 is 0. The van der Waals surface area contributed by atoms with Crippen LogP contribution >= 0.6 is 0 Å². The molecule has 60 valence electrons. The molecular formula is C9H9N3. The van der Waals surface area contributed by atoms with Gasteiger partial charge in [0.25, 0.3) is 0 Å². The van der Waals surface area contributed by atoms with Gasteiger partial charge in [0.05, 0.1) is 17.4 Å². The van der Waals surface area contributed by atoms with Crippen LogP contribution in [0.2, 0.25) is 0 Å². The van der Waals surface area contributed by atoms with Crippen molar-refractivity contribution in [3.63, 3.8) is 0 Å². The van der Waals surface area contributed by atoms with Crippen molar-refractivity contribution in [1.29, 1.82) is 0 Å². The Morgan fingerprint density at radius 3 is 3.08 bits per heavy atom. The molecule has 0 saturated heterocycles. The summed E-state index contributed by atoms with van der Waals surface area (Å²) in [6, 6.07) is 1.97. The largest absolute Gasteiger partial charge is 0.268 e. The summed E-state index contributed by atoms with van der Waals surface area (Å²) in [5, 5.41) is 5.17. The lowest BCUT2D eigenvalue weighted by molar-refractivity contribution is 0.796. The molecule has 3 heteroatoms. The van der Waals surface area contributed by atoms with E-state index in [1.165, 1.54) is 0 Å². The van der Waals surface area contributed by atoms with Gasteiger partial charge in [-0.3, -0.25) is 9.67 Å². The first-order valence-electron chi connectivity index (χ1n) is 3.71. The summed E-state index contributed by atoms with van der Waals surface area (Å²) in [7, 11) is 1.91. The highest BCUT2D eigenvalue weighted by Gasteiger charge is 1.98. The maximum Gasteiger partial charge on any atom is 0.0716 e. The van der Waals surface area contributed by atoms with Gasteiger partial charge in [-0.2, -0.15) is 5.10 Å². The molecule has 0 spiro atoms. The lowest BCUT2D eigenvalue weighted by Crippen LogP contribution is -1.89. The number of hydrogen-bond donors (Lipinski definition) is 0. The molecule has 0 radical (unpaired) electrons. The fourth-order valence-corrected chi connectivity index (χ4v) is 1.17. The highest BCUT2D eigenvalue weighted by Crippen LogP contribution is 2.12. The zero-order chi connectivity index (χ0) is 8.55. The molecule has 0 aliphatic carbocycles. The minimum Gasteiger partial charge on any atom is -0.268 e. The fraction of sp³-hybridized carbons (Fsp3) is 0.111. The molecule has 0 aliphatic rings. The lowest BCUT2D eigenvalue weighted by Gasteiger charge is -1.94. The van der Waals surface area contributed by atoms with E-state index in [-0.39, 0.29) is 0 Å². The number of pyridine rings is 1. The van der Waals surface area contributed by atoms with Crippen LogP contribution in [0, 0.1) is 0 Å². The van der Waals surface area contributed by atoms with Crippen LogP contribution in [0.5, 0.6) is 0 Å². The standard InChI is InChI=1S/C9H9N3/c1-3-8-4-9-7(5-10-8)6-11-12(9)2/h3-6H,1H2,2H3. The third kappa shape index (κ3) is 0.906. The lowest BCUT2D eigenvalue weighted by atomic mass is 10.3. The van der Waals surface area contributed by atoms with Gasteiger partial charge in [-0.1, -0.05) is 6.58 Å². The van der Waals surface area contributed by atoms with Crippen molar-refractivity contribution in [1.82, 2.24) is 14.8 Å². The van der Waals surface area contributed by atoms with Gasteiger partial charge in [-0.25, -0.2) is 0 Å². The molecular weight excluding hydrogens is 150 g/mol. The summed E-state index contributed by atoms with van der Waals surface area (Å²) in [6.45, 7) is 3.66. The van der Waals surface area contributed by atoms with Gasteiger partial charge in [0.1, 0.15) is 0 Å². The Morgan fingerprint density at radius 1 is 1.50 bits per heavy atom. The predicted octanol–water partition coefficient (Wildman–Crippen LogP) is 1.61. The van der Waals surface area contributed by atoms with E-state index in [9.17, 15) is 0 Å².